The molecule has 0 aliphatic heterocycles. The lowest BCUT2D eigenvalue weighted by molar-refractivity contribution is 0.0673. The van der Waals surface area contributed by atoms with Crippen LogP contribution >= 0.6 is 23.8 Å². The first-order chi connectivity index (χ1) is 12.1. The number of para-hydroxylation sites is 1. The van der Waals surface area contributed by atoms with Crippen LogP contribution in [0.1, 0.15) is 16.1 Å². The zero-order valence-electron chi connectivity index (χ0n) is 13.0. The normalized spacial score (nSPS) is 10.4. The second kappa shape index (κ2) is 8.02. The predicted molar refractivity (Wildman–Crippen MR) is 101 cm³/mol. The van der Waals surface area contributed by atoms with Crippen molar-refractivity contribution in [2.24, 2.45) is 0 Å². The third-order valence-corrected chi connectivity index (χ3v) is 3.81. The van der Waals surface area contributed by atoms with E-state index in [4.69, 9.17) is 28.7 Å². The average Bonchev–Trinajstić information content (AvgIpc) is 2.62. The summed E-state index contributed by atoms with van der Waals surface area (Å²) in [5.74, 6) is -0.346. The summed E-state index contributed by atoms with van der Waals surface area (Å²) in [6.07, 6.45) is 0. The molecule has 7 heteroatoms. The Morgan fingerprint density at radius 1 is 1.08 bits per heavy atom. The lowest BCUT2D eigenvalue weighted by Gasteiger charge is -2.10. The second-order valence-electron chi connectivity index (χ2n) is 5.18. The lowest BCUT2D eigenvalue weighted by Crippen LogP contribution is -2.39. The number of nitrogens with zero attached hydrogens (tertiary/aromatic N) is 1. The van der Waals surface area contributed by atoms with E-state index in [0.29, 0.717) is 10.6 Å². The van der Waals surface area contributed by atoms with Crippen molar-refractivity contribution in [2.75, 3.05) is 0 Å². The van der Waals surface area contributed by atoms with Crippen molar-refractivity contribution in [2.45, 2.75) is 6.61 Å². The number of hydrogen-bond donors (Lipinski definition) is 2. The molecule has 1 heterocycles. The van der Waals surface area contributed by atoms with Crippen molar-refractivity contribution < 1.29 is 9.63 Å². The summed E-state index contributed by atoms with van der Waals surface area (Å²) < 4.78 is 0. The van der Waals surface area contributed by atoms with E-state index in [1.165, 1.54) is 0 Å². The summed E-state index contributed by atoms with van der Waals surface area (Å²) >= 11 is 10.8. The Hall–Kier alpha value is -2.54. The Balaban J connectivity index is 1.50. The number of aromatic nitrogens is 1. The number of benzene rings is 2. The average molecular weight is 372 g/mol. The third-order valence-electron chi connectivity index (χ3n) is 3.37. The highest BCUT2D eigenvalue weighted by Crippen LogP contribution is 2.12. The molecule has 0 saturated heterocycles. The molecular formula is C18H14ClN3O2S. The Morgan fingerprint density at radius 3 is 2.64 bits per heavy atom. The number of hydroxylamine groups is 1. The van der Waals surface area contributed by atoms with Crippen LogP contribution in [-0.4, -0.2) is 16.0 Å². The van der Waals surface area contributed by atoms with E-state index >= 15 is 0 Å². The van der Waals surface area contributed by atoms with Crippen LogP contribution in [0.4, 0.5) is 0 Å². The van der Waals surface area contributed by atoms with Crippen molar-refractivity contribution in [1.82, 2.24) is 15.8 Å². The van der Waals surface area contributed by atoms with Crippen LogP contribution < -0.4 is 10.8 Å². The van der Waals surface area contributed by atoms with Gasteiger partial charge in [0.25, 0.3) is 5.91 Å². The van der Waals surface area contributed by atoms with E-state index in [1.54, 1.807) is 24.3 Å². The van der Waals surface area contributed by atoms with Gasteiger partial charge in [-0.05, 0) is 48.6 Å². The van der Waals surface area contributed by atoms with Gasteiger partial charge in [0.15, 0.2) is 5.11 Å². The highest BCUT2D eigenvalue weighted by atomic mass is 35.5. The van der Waals surface area contributed by atoms with Gasteiger partial charge in [0, 0.05) is 16.0 Å². The van der Waals surface area contributed by atoms with E-state index in [9.17, 15) is 4.79 Å². The van der Waals surface area contributed by atoms with E-state index in [1.807, 2.05) is 36.4 Å². The van der Waals surface area contributed by atoms with Crippen LogP contribution in [0.2, 0.25) is 5.02 Å². The number of thiocarbonyl (C=S) groups is 1. The second-order valence-corrected chi connectivity index (χ2v) is 6.02. The molecule has 0 aliphatic carbocycles. The molecule has 0 atom stereocenters. The first-order valence-electron chi connectivity index (χ1n) is 7.45. The van der Waals surface area contributed by atoms with E-state index < -0.39 is 0 Å². The summed E-state index contributed by atoms with van der Waals surface area (Å²) in [5.41, 5.74) is 4.61. The van der Waals surface area contributed by atoms with E-state index in [-0.39, 0.29) is 17.6 Å². The van der Waals surface area contributed by atoms with Crippen LogP contribution in [0.3, 0.4) is 0 Å². The van der Waals surface area contributed by atoms with E-state index in [0.717, 1.165) is 16.6 Å². The van der Waals surface area contributed by atoms with Crippen LogP contribution in [0.5, 0.6) is 0 Å². The molecule has 2 N–H and O–H groups in total. The summed E-state index contributed by atoms with van der Waals surface area (Å²) in [5, 5.41) is 4.21. The van der Waals surface area contributed by atoms with Crippen molar-refractivity contribution in [3.63, 3.8) is 0 Å². The third kappa shape index (κ3) is 4.73. The summed E-state index contributed by atoms with van der Waals surface area (Å²) in [7, 11) is 0. The minimum absolute atomic E-state index is 0.0701. The number of carbonyl (C=O) groups excluding carboxylic acids is 1. The standard InChI is InChI=1S/C18H14ClN3O2S/c19-14-8-5-13(6-9-14)17(23)21-18(25)22-24-11-15-10-7-12-3-1-2-4-16(12)20-15/h1-10H,11H2,(H2,21,22,23,25). The van der Waals surface area contributed by atoms with Crippen LogP contribution in [0, 0.1) is 0 Å². The monoisotopic (exact) mass is 371 g/mol. The van der Waals surface area contributed by atoms with Gasteiger partial charge in [0.05, 0.1) is 11.2 Å². The maximum Gasteiger partial charge on any atom is 0.257 e. The van der Waals surface area contributed by atoms with Crippen molar-refractivity contribution in [3.05, 3.63) is 76.9 Å². The molecule has 3 rings (SSSR count). The fraction of sp³-hybridized carbons (Fsp3) is 0.0556. The number of hydrogen-bond acceptors (Lipinski definition) is 4. The first-order valence-corrected chi connectivity index (χ1v) is 8.24. The number of rotatable bonds is 4. The van der Waals surface area contributed by atoms with Gasteiger partial charge >= 0.3 is 0 Å². The Morgan fingerprint density at radius 2 is 1.84 bits per heavy atom. The Labute approximate surface area is 154 Å². The molecule has 0 bridgehead atoms. The minimum atomic E-state index is -0.346. The quantitative estimate of drug-likeness (QED) is 0.541. The topological polar surface area (TPSA) is 63.2 Å². The fourth-order valence-corrected chi connectivity index (χ4v) is 2.44. The predicted octanol–water partition coefficient (Wildman–Crippen LogP) is 3.62. The number of carbonyl (C=O) groups is 1. The largest absolute Gasteiger partial charge is 0.297 e. The number of fused-ring (bicyclic) bond motifs is 1. The molecule has 126 valence electrons. The number of pyridine rings is 1. The molecule has 0 aliphatic rings. The number of halogens is 1. The SMILES string of the molecule is O=C(NC(=S)NOCc1ccc2ccccc2n1)c1ccc(Cl)cc1. The van der Waals surface area contributed by atoms with Crippen LogP contribution in [-0.2, 0) is 11.4 Å². The zero-order valence-corrected chi connectivity index (χ0v) is 14.6. The highest BCUT2D eigenvalue weighted by molar-refractivity contribution is 7.80. The summed E-state index contributed by atoms with van der Waals surface area (Å²) in [4.78, 5) is 21.8. The molecule has 1 amide bonds. The van der Waals surface area contributed by atoms with Crippen molar-refractivity contribution in [3.8, 4) is 0 Å². The molecule has 0 unspecified atom stereocenters. The van der Waals surface area contributed by atoms with Crippen molar-refractivity contribution >= 4 is 45.7 Å². The highest BCUT2D eigenvalue weighted by Gasteiger charge is 2.07. The molecular weight excluding hydrogens is 358 g/mol. The van der Waals surface area contributed by atoms with Gasteiger partial charge in [-0.2, -0.15) is 0 Å². The van der Waals surface area contributed by atoms with Gasteiger partial charge in [-0.3, -0.25) is 19.9 Å². The summed E-state index contributed by atoms with van der Waals surface area (Å²) in [6, 6.07) is 18.2. The van der Waals surface area contributed by atoms with Crippen LogP contribution in [0.15, 0.2) is 60.7 Å². The Bertz CT molecular complexity index is 916. The molecule has 25 heavy (non-hydrogen) atoms. The van der Waals surface area contributed by atoms with E-state index in [2.05, 4.69) is 15.8 Å². The van der Waals surface area contributed by atoms with Gasteiger partial charge in [-0.15, -0.1) is 0 Å². The minimum Gasteiger partial charge on any atom is -0.297 e. The molecule has 0 saturated carbocycles. The first kappa shape index (κ1) is 17.3. The van der Waals surface area contributed by atoms with Gasteiger partial charge in [0.2, 0.25) is 0 Å². The lowest BCUT2D eigenvalue weighted by atomic mass is 10.2. The maximum atomic E-state index is 12.0. The number of amides is 1. The summed E-state index contributed by atoms with van der Waals surface area (Å²) in [6.45, 7) is 0.210. The van der Waals surface area contributed by atoms with Crippen molar-refractivity contribution in [1.29, 1.82) is 0 Å². The Kier molecular flexibility index (Phi) is 5.55. The molecule has 5 nitrogen and oxygen atoms in total. The number of nitrogens with one attached hydrogen (secondary N) is 2. The molecule has 0 fully saturated rings. The zero-order chi connectivity index (χ0) is 17.6. The smallest absolute Gasteiger partial charge is 0.257 e. The van der Waals surface area contributed by atoms with Gasteiger partial charge in [0.1, 0.15) is 6.61 Å². The molecule has 3 aromatic rings. The molecule has 0 spiro atoms. The molecule has 0 radical (unpaired) electrons. The van der Waals surface area contributed by atoms with Gasteiger partial charge in [-0.1, -0.05) is 35.9 Å². The van der Waals surface area contributed by atoms with Gasteiger partial charge < -0.3 is 0 Å². The molecule has 1 aromatic heterocycles. The fourth-order valence-electron chi connectivity index (χ4n) is 2.17. The van der Waals surface area contributed by atoms with Gasteiger partial charge in [-0.25, -0.2) is 5.48 Å². The van der Waals surface area contributed by atoms with Crippen LogP contribution in [0.25, 0.3) is 10.9 Å². The molecule has 2 aromatic carbocycles. The maximum absolute atomic E-state index is 12.0.